The number of H-pyrrole nitrogens is 1. The van der Waals surface area contributed by atoms with E-state index in [2.05, 4.69) is 34.6 Å². The van der Waals surface area contributed by atoms with Crippen molar-refractivity contribution in [3.8, 4) is 11.1 Å². The van der Waals surface area contributed by atoms with Gasteiger partial charge in [-0.3, -0.25) is 9.69 Å². The molecule has 8 nitrogen and oxygen atoms in total. The van der Waals surface area contributed by atoms with Gasteiger partial charge in [0, 0.05) is 36.0 Å². The number of aromatic amines is 1. The zero-order valence-electron chi connectivity index (χ0n) is 22.3. The van der Waals surface area contributed by atoms with Crippen LogP contribution in [0.15, 0.2) is 79.0 Å². The lowest BCUT2D eigenvalue weighted by Crippen LogP contribution is -2.52. The number of fused-ring (bicyclic) bond motifs is 4. The number of amides is 2. The number of para-hydroxylation sites is 1. The Hall–Kier alpha value is -4.59. The molecule has 0 unspecified atom stereocenters. The van der Waals surface area contributed by atoms with Crippen molar-refractivity contribution in [3.63, 3.8) is 0 Å². The van der Waals surface area contributed by atoms with Crippen molar-refractivity contribution in [2.45, 2.75) is 37.3 Å². The maximum atomic E-state index is 13.4. The third-order valence-electron chi connectivity index (χ3n) is 8.03. The van der Waals surface area contributed by atoms with E-state index < -0.39 is 24.1 Å². The average molecular weight is 538 g/mol. The van der Waals surface area contributed by atoms with Crippen LogP contribution in [-0.2, 0) is 25.5 Å². The quantitative estimate of drug-likeness (QED) is 0.331. The third kappa shape index (κ3) is 4.70. The summed E-state index contributed by atoms with van der Waals surface area (Å²) in [5, 5.41) is 3.82. The van der Waals surface area contributed by atoms with Gasteiger partial charge in [-0.1, -0.05) is 66.7 Å². The number of likely N-dealkylation sites (tertiary alicyclic amines) is 1. The molecule has 0 radical (unpaired) electrons. The van der Waals surface area contributed by atoms with Crippen molar-refractivity contribution < 1.29 is 23.9 Å². The fraction of sp³-hybridized carbons (Fsp3) is 0.281. The Kier molecular flexibility index (Phi) is 6.99. The SMILES string of the molecule is COC(=O)[C@H](Cc1c[nH]c2ccccc12)NC(=O)[C@@H]1CCCN1C(=O)OCC1c2ccccc2-c2ccccc21. The second-order valence-corrected chi connectivity index (χ2v) is 10.3. The molecule has 2 atom stereocenters. The van der Waals surface area contributed by atoms with Gasteiger partial charge < -0.3 is 19.8 Å². The third-order valence-corrected chi connectivity index (χ3v) is 8.03. The van der Waals surface area contributed by atoms with E-state index in [4.69, 9.17) is 9.47 Å². The van der Waals surface area contributed by atoms with Crippen molar-refractivity contribution >= 4 is 28.9 Å². The lowest BCUT2D eigenvalue weighted by atomic mass is 9.98. The van der Waals surface area contributed by atoms with Crippen molar-refractivity contribution in [1.82, 2.24) is 15.2 Å². The molecule has 6 rings (SSSR count). The number of nitrogens with zero attached hydrogens (tertiary/aromatic N) is 1. The van der Waals surface area contributed by atoms with Crippen molar-refractivity contribution in [1.29, 1.82) is 0 Å². The Balaban J connectivity index is 1.13. The molecule has 0 bridgehead atoms. The van der Waals surface area contributed by atoms with E-state index in [0.717, 1.165) is 38.7 Å². The van der Waals surface area contributed by atoms with Crippen LogP contribution >= 0.6 is 0 Å². The number of aromatic nitrogens is 1. The number of ether oxygens (including phenoxy) is 2. The number of carbonyl (C=O) groups is 3. The number of hydrogen-bond donors (Lipinski definition) is 2. The highest BCUT2D eigenvalue weighted by molar-refractivity contribution is 5.91. The molecule has 4 aromatic rings. The van der Waals surface area contributed by atoms with Gasteiger partial charge in [0.2, 0.25) is 5.91 Å². The van der Waals surface area contributed by atoms with Gasteiger partial charge in [-0.2, -0.15) is 0 Å². The minimum absolute atomic E-state index is 0.0638. The van der Waals surface area contributed by atoms with E-state index in [0.29, 0.717) is 19.4 Å². The maximum Gasteiger partial charge on any atom is 0.410 e. The number of nitrogens with one attached hydrogen (secondary N) is 2. The number of esters is 1. The molecule has 1 aromatic heterocycles. The molecule has 2 heterocycles. The Morgan fingerprint density at radius 2 is 1.65 bits per heavy atom. The molecular weight excluding hydrogens is 506 g/mol. The largest absolute Gasteiger partial charge is 0.467 e. The number of hydrogen-bond acceptors (Lipinski definition) is 5. The average Bonchev–Trinajstić information content (AvgIpc) is 3.72. The van der Waals surface area contributed by atoms with Crippen molar-refractivity contribution in [2.24, 2.45) is 0 Å². The molecule has 1 aliphatic heterocycles. The van der Waals surface area contributed by atoms with Gasteiger partial charge in [-0.05, 0) is 46.7 Å². The van der Waals surface area contributed by atoms with Crippen LogP contribution in [0.3, 0.4) is 0 Å². The fourth-order valence-electron chi connectivity index (χ4n) is 6.06. The lowest BCUT2D eigenvalue weighted by molar-refractivity contribution is -0.145. The highest BCUT2D eigenvalue weighted by atomic mass is 16.6. The normalized spacial score (nSPS) is 16.8. The highest BCUT2D eigenvalue weighted by Gasteiger charge is 2.38. The Bertz CT molecular complexity index is 1530. The monoisotopic (exact) mass is 537 g/mol. The molecule has 1 fully saturated rings. The second-order valence-electron chi connectivity index (χ2n) is 10.3. The Labute approximate surface area is 232 Å². The summed E-state index contributed by atoms with van der Waals surface area (Å²) in [5.41, 5.74) is 6.41. The summed E-state index contributed by atoms with van der Waals surface area (Å²) in [4.78, 5) is 44.0. The topological polar surface area (TPSA) is 101 Å². The van der Waals surface area contributed by atoms with Crippen LogP contribution in [0.4, 0.5) is 4.79 Å². The standard InChI is InChI=1S/C32H31N3O5/c1-39-31(37)28(17-20-18-33-27-14-7-6-9-21(20)27)34-30(36)29-15-8-16-35(29)32(38)40-19-26-24-12-4-2-10-22(24)23-11-3-5-13-25(23)26/h2-7,9-14,18,26,28-29,33H,8,15-17,19H2,1H3,(H,34,36)/t28-,29-/m0/s1. The van der Waals surface area contributed by atoms with Crippen LogP contribution in [0.1, 0.15) is 35.4 Å². The molecule has 8 heteroatoms. The van der Waals surface area contributed by atoms with Gasteiger partial charge in [0.25, 0.3) is 0 Å². The molecule has 0 saturated carbocycles. The number of methoxy groups -OCH3 is 1. The second kappa shape index (κ2) is 10.9. The van der Waals surface area contributed by atoms with Gasteiger partial charge >= 0.3 is 12.1 Å². The molecule has 204 valence electrons. The summed E-state index contributed by atoms with van der Waals surface area (Å²) in [6, 6.07) is 22.5. The molecule has 2 amide bonds. The first-order valence-electron chi connectivity index (χ1n) is 13.6. The van der Waals surface area contributed by atoms with Crippen LogP contribution < -0.4 is 5.32 Å². The van der Waals surface area contributed by atoms with Crippen LogP contribution in [0.2, 0.25) is 0 Å². The van der Waals surface area contributed by atoms with Gasteiger partial charge in [0.1, 0.15) is 18.7 Å². The van der Waals surface area contributed by atoms with Gasteiger partial charge in [-0.15, -0.1) is 0 Å². The van der Waals surface area contributed by atoms with E-state index in [1.54, 1.807) is 0 Å². The smallest absolute Gasteiger partial charge is 0.410 e. The van der Waals surface area contributed by atoms with E-state index in [1.807, 2.05) is 54.7 Å². The predicted molar refractivity (Wildman–Crippen MR) is 151 cm³/mol. The zero-order valence-corrected chi connectivity index (χ0v) is 22.3. The zero-order chi connectivity index (χ0) is 27.6. The molecule has 1 saturated heterocycles. The summed E-state index contributed by atoms with van der Waals surface area (Å²) < 4.78 is 10.8. The molecule has 1 aliphatic carbocycles. The molecular formula is C32H31N3O5. The maximum absolute atomic E-state index is 13.4. The van der Waals surface area contributed by atoms with Crippen molar-refractivity contribution in [3.05, 3.63) is 95.7 Å². The first kappa shape index (κ1) is 25.7. The fourth-order valence-corrected chi connectivity index (χ4v) is 6.06. The summed E-state index contributed by atoms with van der Waals surface area (Å²) in [6.45, 7) is 0.600. The first-order chi connectivity index (χ1) is 19.5. The predicted octanol–water partition coefficient (Wildman–Crippen LogP) is 4.78. The first-order valence-corrected chi connectivity index (χ1v) is 13.6. The van der Waals surface area contributed by atoms with Crippen LogP contribution in [-0.4, -0.2) is 60.2 Å². The number of rotatable bonds is 7. The lowest BCUT2D eigenvalue weighted by Gasteiger charge is -2.26. The van der Waals surface area contributed by atoms with Gasteiger partial charge in [-0.25, -0.2) is 9.59 Å². The molecule has 0 spiro atoms. The van der Waals surface area contributed by atoms with E-state index in [1.165, 1.54) is 12.0 Å². The van der Waals surface area contributed by atoms with E-state index in [9.17, 15) is 14.4 Å². The van der Waals surface area contributed by atoms with Crippen LogP contribution in [0.25, 0.3) is 22.0 Å². The molecule has 40 heavy (non-hydrogen) atoms. The minimum atomic E-state index is -0.887. The van der Waals surface area contributed by atoms with Crippen LogP contribution in [0, 0.1) is 0 Å². The number of carbonyl (C=O) groups excluding carboxylic acids is 3. The summed E-state index contributed by atoms with van der Waals surface area (Å²) in [5.74, 6) is -0.989. The highest BCUT2D eigenvalue weighted by Crippen LogP contribution is 2.44. The number of benzene rings is 3. The van der Waals surface area contributed by atoms with Crippen molar-refractivity contribution in [2.75, 3.05) is 20.3 Å². The Morgan fingerprint density at radius 3 is 2.38 bits per heavy atom. The molecule has 2 N–H and O–H groups in total. The Morgan fingerprint density at radius 1 is 0.975 bits per heavy atom. The van der Waals surface area contributed by atoms with Gasteiger partial charge in [0.15, 0.2) is 0 Å². The van der Waals surface area contributed by atoms with Crippen LogP contribution in [0.5, 0.6) is 0 Å². The molecule has 2 aliphatic rings. The van der Waals surface area contributed by atoms with E-state index >= 15 is 0 Å². The summed E-state index contributed by atoms with van der Waals surface area (Å²) >= 11 is 0. The summed E-state index contributed by atoms with van der Waals surface area (Å²) in [7, 11) is 1.30. The summed E-state index contributed by atoms with van der Waals surface area (Å²) in [6.07, 6.45) is 2.75. The van der Waals surface area contributed by atoms with Gasteiger partial charge in [0.05, 0.1) is 7.11 Å². The molecule has 3 aromatic carbocycles. The minimum Gasteiger partial charge on any atom is -0.467 e. The van der Waals surface area contributed by atoms with E-state index in [-0.39, 0.29) is 24.9 Å².